The second kappa shape index (κ2) is 5.67. The number of anilines is 1. The van der Waals surface area contributed by atoms with Crippen LogP contribution in [0.2, 0.25) is 0 Å². The van der Waals surface area contributed by atoms with Crippen molar-refractivity contribution in [1.82, 2.24) is 10.2 Å². The molecular formula is C11H7F3N4O3S. The Labute approximate surface area is 124 Å². The zero-order valence-corrected chi connectivity index (χ0v) is 11.7. The minimum Gasteiger partial charge on any atom is -0.296 e. The topological polar surface area (TPSA) is 98.0 Å². The summed E-state index contributed by atoms with van der Waals surface area (Å²) in [5, 5.41) is 17.5. The largest absolute Gasteiger partial charge is 0.445 e. The fourth-order valence-corrected chi connectivity index (χ4v) is 2.23. The second-order valence-corrected chi connectivity index (χ2v) is 5.05. The maximum atomic E-state index is 12.4. The number of amides is 1. The van der Waals surface area contributed by atoms with Crippen molar-refractivity contribution in [2.24, 2.45) is 0 Å². The van der Waals surface area contributed by atoms with E-state index in [0.717, 1.165) is 0 Å². The van der Waals surface area contributed by atoms with Crippen LogP contribution in [0.1, 0.15) is 20.9 Å². The molecule has 0 radical (unpaired) electrons. The molecule has 1 heterocycles. The molecule has 11 heteroatoms. The van der Waals surface area contributed by atoms with Gasteiger partial charge in [0, 0.05) is 17.2 Å². The van der Waals surface area contributed by atoms with E-state index in [4.69, 9.17) is 0 Å². The van der Waals surface area contributed by atoms with Crippen LogP contribution in [0.25, 0.3) is 0 Å². The molecule has 0 atom stereocenters. The predicted octanol–water partition coefficient (Wildman–Crippen LogP) is 3.03. The summed E-state index contributed by atoms with van der Waals surface area (Å²) in [7, 11) is 0. The van der Waals surface area contributed by atoms with Crippen molar-refractivity contribution >= 4 is 28.1 Å². The van der Waals surface area contributed by atoms with Crippen LogP contribution in [0, 0.1) is 17.0 Å². The lowest BCUT2D eigenvalue weighted by atomic mass is 10.1. The lowest BCUT2D eigenvalue weighted by Crippen LogP contribution is -2.14. The van der Waals surface area contributed by atoms with E-state index in [1.54, 1.807) is 0 Å². The molecule has 2 aromatic rings. The van der Waals surface area contributed by atoms with Gasteiger partial charge in [-0.1, -0.05) is 17.4 Å². The molecule has 0 saturated carbocycles. The summed E-state index contributed by atoms with van der Waals surface area (Å²) >= 11 is 0.166. The lowest BCUT2D eigenvalue weighted by molar-refractivity contribution is -0.385. The van der Waals surface area contributed by atoms with E-state index >= 15 is 0 Å². The molecule has 1 aromatic heterocycles. The predicted molar refractivity (Wildman–Crippen MR) is 70.7 cm³/mol. The Kier molecular flexibility index (Phi) is 4.08. The number of rotatable bonds is 3. The average molecular weight is 332 g/mol. The first kappa shape index (κ1) is 15.8. The van der Waals surface area contributed by atoms with Gasteiger partial charge in [-0.3, -0.25) is 20.2 Å². The second-order valence-electron chi connectivity index (χ2n) is 4.07. The highest BCUT2D eigenvalue weighted by molar-refractivity contribution is 7.15. The number of alkyl halides is 3. The molecule has 1 amide bonds. The standard InChI is InChI=1S/C11H7F3N4O3S/c1-5-6(3-2-4-7(5)18(20)21)8(19)15-10-17-16-9(22-10)11(12,13)14/h2-4H,1H3,(H,15,17,19). The Morgan fingerprint density at radius 2 is 2.05 bits per heavy atom. The summed E-state index contributed by atoms with van der Waals surface area (Å²) in [6.07, 6.45) is -4.65. The monoisotopic (exact) mass is 332 g/mol. The van der Waals surface area contributed by atoms with Crippen LogP contribution in [0.4, 0.5) is 24.0 Å². The molecule has 7 nitrogen and oxygen atoms in total. The van der Waals surface area contributed by atoms with Crippen molar-refractivity contribution in [2.45, 2.75) is 13.1 Å². The number of carbonyl (C=O) groups excluding carboxylic acids is 1. The molecule has 0 bridgehead atoms. The van der Waals surface area contributed by atoms with Gasteiger partial charge in [0.2, 0.25) is 10.1 Å². The van der Waals surface area contributed by atoms with E-state index in [0.29, 0.717) is 0 Å². The van der Waals surface area contributed by atoms with E-state index in [9.17, 15) is 28.1 Å². The summed E-state index contributed by atoms with van der Waals surface area (Å²) in [6.45, 7) is 1.37. The third-order valence-corrected chi connectivity index (χ3v) is 3.52. The van der Waals surface area contributed by atoms with E-state index in [1.807, 2.05) is 0 Å². The van der Waals surface area contributed by atoms with Gasteiger partial charge in [0.05, 0.1) is 4.92 Å². The first-order valence-corrected chi connectivity index (χ1v) is 6.48. The van der Waals surface area contributed by atoms with Gasteiger partial charge < -0.3 is 0 Å². The van der Waals surface area contributed by atoms with Gasteiger partial charge in [-0.25, -0.2) is 0 Å². The van der Waals surface area contributed by atoms with Crippen LogP contribution >= 0.6 is 11.3 Å². The molecule has 1 N–H and O–H groups in total. The van der Waals surface area contributed by atoms with Gasteiger partial charge in [-0.05, 0) is 13.0 Å². The molecule has 0 fully saturated rings. The molecular weight excluding hydrogens is 325 g/mol. The van der Waals surface area contributed by atoms with Crippen molar-refractivity contribution in [3.8, 4) is 0 Å². The Morgan fingerprint density at radius 3 is 2.59 bits per heavy atom. The maximum absolute atomic E-state index is 12.4. The number of nitrogens with zero attached hydrogens (tertiary/aromatic N) is 3. The van der Waals surface area contributed by atoms with Crippen LogP contribution in [-0.4, -0.2) is 21.0 Å². The number of carbonyl (C=O) groups is 1. The number of hydrogen-bond donors (Lipinski definition) is 1. The molecule has 0 saturated heterocycles. The fourth-order valence-electron chi connectivity index (χ4n) is 1.62. The Balaban J connectivity index is 2.25. The van der Waals surface area contributed by atoms with Crippen molar-refractivity contribution in [2.75, 3.05) is 5.32 Å². The Morgan fingerprint density at radius 1 is 1.36 bits per heavy atom. The summed E-state index contributed by atoms with van der Waals surface area (Å²) in [5.74, 6) is -0.800. The SMILES string of the molecule is Cc1c(C(=O)Nc2nnc(C(F)(F)F)s2)cccc1[N+](=O)[O-]. The first-order chi connectivity index (χ1) is 10.2. The minimum absolute atomic E-state index is 0.0297. The van der Waals surface area contributed by atoms with Gasteiger partial charge >= 0.3 is 6.18 Å². The van der Waals surface area contributed by atoms with E-state index in [1.165, 1.54) is 25.1 Å². The average Bonchev–Trinajstić information content (AvgIpc) is 2.86. The van der Waals surface area contributed by atoms with Crippen molar-refractivity contribution < 1.29 is 22.9 Å². The zero-order chi connectivity index (χ0) is 16.5. The summed E-state index contributed by atoms with van der Waals surface area (Å²) in [6, 6.07) is 3.85. The number of nitrogens with one attached hydrogen (secondary N) is 1. The van der Waals surface area contributed by atoms with Crippen LogP contribution in [-0.2, 0) is 6.18 Å². The Hall–Kier alpha value is -2.56. The fraction of sp³-hybridized carbons (Fsp3) is 0.182. The number of nitro groups is 1. The van der Waals surface area contributed by atoms with Crippen molar-refractivity contribution in [3.63, 3.8) is 0 Å². The van der Waals surface area contributed by atoms with Gasteiger partial charge in [0.25, 0.3) is 11.6 Å². The third kappa shape index (κ3) is 3.19. The highest BCUT2D eigenvalue weighted by atomic mass is 32.1. The summed E-state index contributed by atoms with van der Waals surface area (Å²) in [5.41, 5.74) is -0.190. The molecule has 0 spiro atoms. The number of halogens is 3. The smallest absolute Gasteiger partial charge is 0.296 e. The number of benzene rings is 1. The molecule has 0 aliphatic rings. The number of hydrogen-bond acceptors (Lipinski definition) is 6. The van der Waals surface area contributed by atoms with Gasteiger partial charge in [0.15, 0.2) is 0 Å². The minimum atomic E-state index is -4.65. The molecule has 22 heavy (non-hydrogen) atoms. The normalized spacial score (nSPS) is 11.3. The van der Waals surface area contributed by atoms with Gasteiger partial charge in [0.1, 0.15) is 0 Å². The molecule has 1 aromatic carbocycles. The van der Waals surface area contributed by atoms with Gasteiger partial charge in [-0.15, -0.1) is 10.2 Å². The maximum Gasteiger partial charge on any atom is 0.445 e. The number of aromatic nitrogens is 2. The van der Waals surface area contributed by atoms with Crippen LogP contribution < -0.4 is 5.32 Å². The highest BCUT2D eigenvalue weighted by Crippen LogP contribution is 2.33. The van der Waals surface area contributed by atoms with E-state index < -0.39 is 22.0 Å². The molecule has 0 aliphatic carbocycles. The molecule has 0 aliphatic heterocycles. The quantitative estimate of drug-likeness (QED) is 0.688. The molecule has 2 rings (SSSR count). The van der Waals surface area contributed by atoms with Crippen LogP contribution in [0.3, 0.4) is 0 Å². The molecule has 116 valence electrons. The number of nitro benzene ring substituents is 1. The van der Waals surface area contributed by atoms with Crippen molar-refractivity contribution in [3.05, 3.63) is 44.4 Å². The van der Waals surface area contributed by atoms with Crippen LogP contribution in [0.15, 0.2) is 18.2 Å². The van der Waals surface area contributed by atoms with Gasteiger partial charge in [-0.2, -0.15) is 13.2 Å². The van der Waals surface area contributed by atoms with Crippen LogP contribution in [0.5, 0.6) is 0 Å². The van der Waals surface area contributed by atoms with E-state index in [2.05, 4.69) is 15.5 Å². The Bertz CT molecular complexity index is 744. The van der Waals surface area contributed by atoms with E-state index in [-0.39, 0.29) is 33.3 Å². The summed E-state index contributed by atoms with van der Waals surface area (Å²) < 4.78 is 37.2. The molecule has 0 unspecified atom stereocenters. The third-order valence-electron chi connectivity index (χ3n) is 2.63. The van der Waals surface area contributed by atoms with Crippen molar-refractivity contribution in [1.29, 1.82) is 0 Å². The highest BCUT2D eigenvalue weighted by Gasteiger charge is 2.35. The summed E-state index contributed by atoms with van der Waals surface area (Å²) in [4.78, 5) is 22.1. The lowest BCUT2D eigenvalue weighted by Gasteiger charge is -2.05. The zero-order valence-electron chi connectivity index (χ0n) is 10.8. The first-order valence-electron chi connectivity index (χ1n) is 5.66.